The molecule has 0 amide bonds. The summed E-state index contributed by atoms with van der Waals surface area (Å²) in [4.78, 5) is 14.1. The van der Waals surface area contributed by atoms with E-state index in [0.717, 1.165) is 0 Å². The third-order valence-electron chi connectivity index (χ3n) is 1.22. The van der Waals surface area contributed by atoms with Crippen molar-refractivity contribution in [1.82, 2.24) is 4.98 Å². The topological polar surface area (TPSA) is 70.4 Å². The summed E-state index contributed by atoms with van der Waals surface area (Å²) in [6, 6.07) is 1.48. The summed E-state index contributed by atoms with van der Waals surface area (Å²) in [6.45, 7) is 0. The molecule has 0 fully saturated rings. The van der Waals surface area contributed by atoms with Crippen molar-refractivity contribution in [3.63, 3.8) is 0 Å². The first-order valence-electron chi connectivity index (χ1n) is 3.15. The van der Waals surface area contributed by atoms with Gasteiger partial charge in [-0.25, -0.2) is 0 Å². The molecule has 1 aromatic rings. The van der Waals surface area contributed by atoms with Gasteiger partial charge in [0.05, 0.1) is 18.3 Å². The van der Waals surface area contributed by atoms with Crippen molar-refractivity contribution in [3.05, 3.63) is 21.5 Å². The molecule has 0 atom stereocenters. The minimum absolute atomic E-state index is 0.0496. The number of carbonyl (C=O) groups is 1. The number of aromatic nitrogens is 1. The van der Waals surface area contributed by atoms with Gasteiger partial charge in [-0.15, -0.1) is 0 Å². The maximum atomic E-state index is 10.3. The molecule has 5 heteroatoms. The quantitative estimate of drug-likeness (QED) is 0.793. The van der Waals surface area contributed by atoms with E-state index >= 15 is 0 Å². The van der Waals surface area contributed by atoms with Crippen molar-refractivity contribution >= 4 is 28.6 Å². The molecule has 1 heterocycles. The van der Waals surface area contributed by atoms with Gasteiger partial charge in [0.25, 0.3) is 0 Å². The molecule has 4 nitrogen and oxygen atoms in total. The molecule has 0 bridgehead atoms. The van der Waals surface area contributed by atoms with Crippen molar-refractivity contribution < 1.29 is 15.0 Å². The van der Waals surface area contributed by atoms with Gasteiger partial charge in [0.15, 0.2) is 0 Å². The first kappa shape index (κ1) is 9.24. The largest absolute Gasteiger partial charge is 0.506 e. The lowest BCUT2D eigenvalue weighted by atomic mass is 10.3. The standard InChI is InChI=1S/C7H6INO3/c8-5-1-4(10)3-9-6(5)2-7(11)12/h1,3,10H,2H2,(H,11,12). The summed E-state index contributed by atoms with van der Waals surface area (Å²) in [5, 5.41) is 17.4. The van der Waals surface area contributed by atoms with Crippen LogP contribution in [0.4, 0.5) is 0 Å². The highest BCUT2D eigenvalue weighted by Gasteiger charge is 2.06. The van der Waals surface area contributed by atoms with E-state index in [9.17, 15) is 4.79 Å². The van der Waals surface area contributed by atoms with Gasteiger partial charge in [-0.05, 0) is 28.7 Å². The zero-order valence-electron chi connectivity index (χ0n) is 5.99. The molecule has 12 heavy (non-hydrogen) atoms. The van der Waals surface area contributed by atoms with Crippen LogP contribution in [0.15, 0.2) is 12.3 Å². The highest BCUT2D eigenvalue weighted by atomic mass is 127. The smallest absolute Gasteiger partial charge is 0.309 e. The number of nitrogens with zero attached hydrogens (tertiary/aromatic N) is 1. The summed E-state index contributed by atoms with van der Waals surface area (Å²) in [5.74, 6) is -0.875. The van der Waals surface area contributed by atoms with Gasteiger partial charge >= 0.3 is 5.97 Å². The van der Waals surface area contributed by atoms with Crippen molar-refractivity contribution in [2.45, 2.75) is 6.42 Å². The first-order chi connectivity index (χ1) is 5.59. The number of hydrogen-bond acceptors (Lipinski definition) is 3. The van der Waals surface area contributed by atoms with E-state index in [1.807, 2.05) is 22.6 Å². The van der Waals surface area contributed by atoms with Gasteiger partial charge in [0.2, 0.25) is 0 Å². The van der Waals surface area contributed by atoms with Gasteiger partial charge < -0.3 is 10.2 Å². The van der Waals surface area contributed by atoms with E-state index in [-0.39, 0.29) is 12.2 Å². The number of carboxylic acid groups (broad SMARTS) is 1. The van der Waals surface area contributed by atoms with E-state index in [2.05, 4.69) is 4.98 Å². The van der Waals surface area contributed by atoms with E-state index < -0.39 is 5.97 Å². The summed E-state index contributed by atoms with van der Waals surface area (Å²) in [6.07, 6.45) is 1.12. The van der Waals surface area contributed by atoms with E-state index in [1.54, 1.807) is 0 Å². The molecule has 0 aliphatic carbocycles. The third-order valence-corrected chi connectivity index (χ3v) is 2.16. The van der Waals surface area contributed by atoms with Crippen molar-refractivity contribution in [3.8, 4) is 5.75 Å². The van der Waals surface area contributed by atoms with Crippen molar-refractivity contribution in [2.75, 3.05) is 0 Å². The van der Waals surface area contributed by atoms with Crippen LogP contribution in [0.1, 0.15) is 5.69 Å². The third kappa shape index (κ3) is 2.33. The number of rotatable bonds is 2. The molecule has 0 aromatic carbocycles. The number of hydrogen-bond donors (Lipinski definition) is 2. The molecule has 0 unspecified atom stereocenters. The first-order valence-corrected chi connectivity index (χ1v) is 4.22. The van der Waals surface area contributed by atoms with E-state index in [4.69, 9.17) is 10.2 Å². The van der Waals surface area contributed by atoms with E-state index in [0.29, 0.717) is 9.26 Å². The lowest BCUT2D eigenvalue weighted by Gasteiger charge is -1.99. The molecule has 2 N–H and O–H groups in total. The Kier molecular flexibility index (Phi) is 2.85. The molecule has 0 aliphatic heterocycles. The summed E-state index contributed by atoms with van der Waals surface area (Å²) in [5.41, 5.74) is 0.473. The molecular weight excluding hydrogens is 273 g/mol. The number of aromatic hydroxyl groups is 1. The highest BCUT2D eigenvalue weighted by molar-refractivity contribution is 14.1. The minimum Gasteiger partial charge on any atom is -0.506 e. The zero-order chi connectivity index (χ0) is 9.14. The Morgan fingerprint density at radius 2 is 2.33 bits per heavy atom. The molecule has 1 rings (SSSR count). The van der Waals surface area contributed by atoms with Crippen molar-refractivity contribution in [2.24, 2.45) is 0 Å². The average molecular weight is 279 g/mol. The van der Waals surface area contributed by atoms with Crippen LogP contribution in [0.2, 0.25) is 0 Å². The van der Waals surface area contributed by atoms with Crippen LogP contribution in [0.5, 0.6) is 5.75 Å². The molecule has 0 saturated carbocycles. The predicted molar refractivity (Wildman–Crippen MR) is 50.0 cm³/mol. The molecule has 1 aromatic heterocycles. The fourth-order valence-corrected chi connectivity index (χ4v) is 1.38. The van der Waals surface area contributed by atoms with Crippen LogP contribution in [0.25, 0.3) is 0 Å². The zero-order valence-corrected chi connectivity index (χ0v) is 8.15. The Balaban J connectivity index is 2.93. The normalized spacial score (nSPS) is 9.75. The lowest BCUT2D eigenvalue weighted by molar-refractivity contribution is -0.136. The summed E-state index contributed by atoms with van der Waals surface area (Å²) in [7, 11) is 0. The molecular formula is C7H6INO3. The fraction of sp³-hybridized carbons (Fsp3) is 0.143. The Bertz CT molecular complexity index is 314. The summed E-state index contributed by atoms with van der Waals surface area (Å²) >= 11 is 1.93. The molecule has 0 spiro atoms. The van der Waals surface area contributed by atoms with Crippen LogP contribution >= 0.6 is 22.6 Å². The van der Waals surface area contributed by atoms with Gasteiger partial charge in [0.1, 0.15) is 5.75 Å². The van der Waals surface area contributed by atoms with Crippen LogP contribution in [-0.4, -0.2) is 21.2 Å². The Labute approximate surface area is 82.4 Å². The Morgan fingerprint density at radius 1 is 1.67 bits per heavy atom. The molecule has 0 radical (unpaired) electrons. The van der Waals surface area contributed by atoms with Gasteiger partial charge in [-0.1, -0.05) is 0 Å². The molecule has 0 saturated heterocycles. The van der Waals surface area contributed by atoms with Gasteiger partial charge in [-0.2, -0.15) is 0 Å². The van der Waals surface area contributed by atoms with E-state index in [1.165, 1.54) is 12.3 Å². The Hall–Kier alpha value is -0.850. The highest BCUT2D eigenvalue weighted by Crippen LogP contribution is 2.15. The molecule has 0 aliphatic rings. The molecule has 64 valence electrons. The Morgan fingerprint density at radius 3 is 2.83 bits per heavy atom. The lowest BCUT2D eigenvalue weighted by Crippen LogP contribution is -2.03. The fourth-order valence-electron chi connectivity index (χ4n) is 0.729. The number of halogens is 1. The second-order valence-corrected chi connectivity index (χ2v) is 3.35. The van der Waals surface area contributed by atoms with Crippen LogP contribution in [-0.2, 0) is 11.2 Å². The minimum atomic E-state index is -0.925. The SMILES string of the molecule is O=C(O)Cc1ncc(O)cc1I. The number of pyridine rings is 1. The predicted octanol–water partition coefficient (Wildman–Crippen LogP) is 1.02. The van der Waals surface area contributed by atoms with Gasteiger partial charge in [0, 0.05) is 3.57 Å². The number of carboxylic acids is 1. The average Bonchev–Trinajstić information content (AvgIpc) is 1.94. The monoisotopic (exact) mass is 279 g/mol. The van der Waals surface area contributed by atoms with Crippen molar-refractivity contribution in [1.29, 1.82) is 0 Å². The summed E-state index contributed by atoms with van der Waals surface area (Å²) < 4.78 is 0.662. The van der Waals surface area contributed by atoms with Gasteiger partial charge in [-0.3, -0.25) is 9.78 Å². The van der Waals surface area contributed by atoms with Crippen LogP contribution in [0, 0.1) is 3.57 Å². The second-order valence-electron chi connectivity index (χ2n) is 2.19. The maximum Gasteiger partial charge on any atom is 0.309 e. The van der Waals surface area contributed by atoms with Crippen LogP contribution < -0.4 is 0 Å². The second kappa shape index (κ2) is 3.70. The number of aliphatic carboxylic acids is 1. The maximum absolute atomic E-state index is 10.3. The van der Waals surface area contributed by atoms with Crippen LogP contribution in [0.3, 0.4) is 0 Å².